The Balaban J connectivity index is 0.000000177. The maximum absolute atomic E-state index is 12.0. The number of fused-ring (bicyclic) bond motifs is 2. The first-order valence-corrected chi connectivity index (χ1v) is 19.0. The third kappa shape index (κ3) is 7.88. The van der Waals surface area contributed by atoms with Crippen molar-refractivity contribution in [2.45, 2.75) is 64.8 Å². The summed E-state index contributed by atoms with van der Waals surface area (Å²) in [5.41, 5.74) is 9.54. The molecule has 0 aliphatic carbocycles. The molecule has 0 saturated carbocycles. The predicted octanol–water partition coefficient (Wildman–Crippen LogP) is 8.74. The van der Waals surface area contributed by atoms with E-state index in [0.717, 1.165) is 72.7 Å². The number of hydrogen-bond acceptors (Lipinski definition) is 13. The minimum atomic E-state index is -0.802. The summed E-state index contributed by atoms with van der Waals surface area (Å²) in [4.78, 5) is 35.0. The molecule has 2 saturated heterocycles. The predicted molar refractivity (Wildman–Crippen MR) is 213 cm³/mol. The largest absolute Gasteiger partial charge is 0.465 e. The number of carbonyl (C=O) groups is 2. The molecular weight excluding hydrogens is 748 g/mol. The first kappa shape index (κ1) is 39.7. The highest BCUT2D eigenvalue weighted by molar-refractivity contribution is 5.97. The zero-order chi connectivity index (χ0) is 40.9. The molecule has 58 heavy (non-hydrogen) atoms. The zero-order valence-corrected chi connectivity index (χ0v) is 32.6. The number of nitrogens with zero attached hydrogens (tertiary/aromatic N) is 5. The van der Waals surface area contributed by atoms with Gasteiger partial charge in [0.15, 0.2) is 18.2 Å². The highest BCUT2D eigenvalue weighted by atomic mass is 16.6. The summed E-state index contributed by atoms with van der Waals surface area (Å²) in [7, 11) is 2.49. The van der Waals surface area contributed by atoms with Crippen molar-refractivity contribution >= 4 is 45.1 Å². The fraction of sp³-hybridized carbons (Fsp3) is 0.333. The molecule has 4 heterocycles. The van der Waals surface area contributed by atoms with Crippen LogP contribution in [0.15, 0.2) is 73.1 Å². The van der Waals surface area contributed by atoms with Crippen LogP contribution in [0.2, 0.25) is 0 Å². The Bertz CT molecular complexity index is 2480. The third-order valence-corrected chi connectivity index (χ3v) is 10.2. The van der Waals surface area contributed by atoms with Gasteiger partial charge in [0.1, 0.15) is 17.1 Å². The Hall–Kier alpha value is -6.52. The summed E-state index contributed by atoms with van der Waals surface area (Å²) in [5.74, 6) is 0.165. The van der Waals surface area contributed by atoms with Gasteiger partial charge in [-0.15, -0.1) is 0 Å². The van der Waals surface area contributed by atoms with Gasteiger partial charge in [-0.3, -0.25) is 10.1 Å². The van der Waals surface area contributed by atoms with Gasteiger partial charge in [0.05, 0.1) is 64.6 Å². The highest BCUT2D eigenvalue weighted by Gasteiger charge is 2.28. The van der Waals surface area contributed by atoms with Crippen molar-refractivity contribution < 1.29 is 42.9 Å². The summed E-state index contributed by atoms with van der Waals surface area (Å²) < 4.78 is 37.1. The van der Waals surface area contributed by atoms with Crippen LogP contribution < -0.4 is 15.2 Å². The second-order valence-electron chi connectivity index (χ2n) is 13.9. The summed E-state index contributed by atoms with van der Waals surface area (Å²) in [6.07, 6.45) is 9.36. The number of aromatic nitrogens is 4. The Morgan fingerprint density at radius 3 is 1.69 bits per heavy atom. The number of ether oxygens (including phenoxy) is 6. The third-order valence-electron chi connectivity index (χ3n) is 10.2. The minimum Gasteiger partial charge on any atom is -0.465 e. The van der Waals surface area contributed by atoms with E-state index in [4.69, 9.17) is 29.4 Å². The van der Waals surface area contributed by atoms with Crippen LogP contribution in [-0.4, -0.2) is 63.9 Å². The molecule has 2 unspecified atom stereocenters. The molecule has 2 N–H and O–H groups in total. The molecule has 2 fully saturated rings. The van der Waals surface area contributed by atoms with Crippen molar-refractivity contribution in [2.24, 2.45) is 0 Å². The van der Waals surface area contributed by atoms with Crippen LogP contribution in [0.1, 0.15) is 82.8 Å². The van der Waals surface area contributed by atoms with Crippen molar-refractivity contribution in [3.63, 3.8) is 0 Å². The van der Waals surface area contributed by atoms with Crippen LogP contribution >= 0.6 is 0 Å². The number of hydrogen-bond donors (Lipinski definition) is 1. The Morgan fingerprint density at radius 1 is 0.724 bits per heavy atom. The normalized spacial score (nSPS) is 16.6. The molecule has 2 aliphatic heterocycles. The minimum absolute atomic E-state index is 0.0415. The van der Waals surface area contributed by atoms with Gasteiger partial charge in [-0.2, -0.15) is 10.2 Å². The summed E-state index contributed by atoms with van der Waals surface area (Å²) in [6.45, 7) is 5.24. The van der Waals surface area contributed by atoms with E-state index in [1.54, 1.807) is 30.6 Å². The van der Waals surface area contributed by atoms with E-state index in [1.165, 1.54) is 32.4 Å². The quantitative estimate of drug-likeness (QED) is 0.0632. The van der Waals surface area contributed by atoms with E-state index in [9.17, 15) is 19.7 Å². The van der Waals surface area contributed by atoms with Gasteiger partial charge in [-0.25, -0.2) is 19.0 Å². The summed E-state index contributed by atoms with van der Waals surface area (Å²) >= 11 is 0. The lowest BCUT2D eigenvalue weighted by Crippen LogP contribution is -2.18. The molecule has 2 aliphatic rings. The molecule has 2 aromatic heterocycles. The summed E-state index contributed by atoms with van der Waals surface area (Å²) in [5, 5.41) is 22.3. The monoisotopic (exact) mass is 792 g/mol. The number of rotatable bonds is 9. The van der Waals surface area contributed by atoms with Crippen molar-refractivity contribution in [3.05, 3.63) is 105 Å². The lowest BCUT2D eigenvalue weighted by molar-refractivity contribution is -0.386. The number of nitro benzene ring substituents is 1. The average molecular weight is 793 g/mol. The number of nitro groups is 1. The molecule has 4 aromatic carbocycles. The highest BCUT2D eigenvalue weighted by Crippen LogP contribution is 2.41. The van der Waals surface area contributed by atoms with Gasteiger partial charge >= 0.3 is 17.6 Å². The molecule has 16 heteroatoms. The van der Waals surface area contributed by atoms with Gasteiger partial charge in [-0.05, 0) is 99.9 Å². The van der Waals surface area contributed by atoms with E-state index in [2.05, 4.69) is 14.9 Å². The Kier molecular flexibility index (Phi) is 11.9. The number of para-hydroxylation sites is 2. The molecule has 0 amide bonds. The van der Waals surface area contributed by atoms with E-state index >= 15 is 0 Å². The fourth-order valence-corrected chi connectivity index (χ4v) is 7.18. The number of carbonyl (C=O) groups excluding carboxylic acids is 2. The van der Waals surface area contributed by atoms with Crippen molar-refractivity contribution in [2.75, 3.05) is 33.2 Å². The SMILES string of the molecule is COC(=O)c1cccc(Oc2c(C)ccc3c2cnn3C2CCCCO2)c1N.COC(=O)c1cccc(Oc2c(C)ccc3c2cnn3C2CCCCO2)c1[N+](=O)[O-]. The Labute approximate surface area is 333 Å². The maximum Gasteiger partial charge on any atom is 0.345 e. The zero-order valence-electron chi connectivity index (χ0n) is 32.6. The van der Waals surface area contributed by atoms with Crippen LogP contribution in [0.25, 0.3) is 21.8 Å². The molecule has 0 radical (unpaired) electrons. The molecule has 8 rings (SSSR count). The standard InChI is InChI=1S/C21H21N3O6.C21H23N3O4/c1-13-9-10-16-15(12-22-23(16)18-8-3-4-11-29-18)20(13)30-17-7-5-6-14(21(25)28-2)19(17)24(26)27;1-13-9-10-16-15(12-23-24(16)18-8-3-4-11-27-18)20(13)28-17-7-5-6-14(19(17)22)21(25)26-2/h5-7,9-10,12,18H,3-4,8,11H2,1-2H3;5-7,9-10,12,18H,3-4,8,11,22H2,1-2H3. The smallest absolute Gasteiger partial charge is 0.345 e. The van der Waals surface area contributed by atoms with Gasteiger partial charge in [-0.1, -0.05) is 24.3 Å². The van der Waals surface area contributed by atoms with Gasteiger partial charge in [0, 0.05) is 13.2 Å². The van der Waals surface area contributed by atoms with Crippen molar-refractivity contribution in [1.29, 1.82) is 0 Å². The first-order valence-electron chi connectivity index (χ1n) is 19.0. The van der Waals surface area contributed by atoms with E-state index in [0.29, 0.717) is 29.2 Å². The number of esters is 2. The molecule has 302 valence electrons. The van der Waals surface area contributed by atoms with E-state index < -0.39 is 22.5 Å². The molecule has 16 nitrogen and oxygen atoms in total. The Morgan fingerprint density at radius 2 is 1.21 bits per heavy atom. The number of anilines is 1. The average Bonchev–Trinajstić information content (AvgIpc) is 3.89. The first-order chi connectivity index (χ1) is 28.1. The number of methoxy groups -OCH3 is 2. The second kappa shape index (κ2) is 17.3. The lowest BCUT2D eigenvalue weighted by Gasteiger charge is -2.23. The number of benzene rings is 4. The number of nitrogen functional groups attached to an aromatic ring is 1. The van der Waals surface area contributed by atoms with Crippen LogP contribution in [-0.2, 0) is 18.9 Å². The topological polar surface area (TPSA) is 194 Å². The van der Waals surface area contributed by atoms with Gasteiger partial charge in [0.25, 0.3) is 0 Å². The molecular formula is C42H44N6O10. The van der Waals surface area contributed by atoms with Crippen LogP contribution in [0, 0.1) is 24.0 Å². The number of aryl methyl sites for hydroxylation is 2. The van der Waals surface area contributed by atoms with Crippen LogP contribution in [0.4, 0.5) is 11.4 Å². The molecule has 0 spiro atoms. The van der Waals surface area contributed by atoms with E-state index in [-0.39, 0.29) is 35.0 Å². The van der Waals surface area contributed by atoms with Gasteiger partial charge < -0.3 is 34.2 Å². The maximum atomic E-state index is 12.0. The molecule has 0 bridgehead atoms. The summed E-state index contributed by atoms with van der Waals surface area (Å²) in [6, 6.07) is 17.2. The van der Waals surface area contributed by atoms with Crippen LogP contribution in [0.5, 0.6) is 23.0 Å². The van der Waals surface area contributed by atoms with Gasteiger partial charge in [0.2, 0.25) is 5.75 Å². The van der Waals surface area contributed by atoms with E-state index in [1.807, 2.05) is 47.5 Å². The molecule has 2 atom stereocenters. The lowest BCUT2D eigenvalue weighted by atomic mass is 10.1. The van der Waals surface area contributed by atoms with Crippen LogP contribution in [0.3, 0.4) is 0 Å². The molecule has 6 aromatic rings. The number of nitrogens with two attached hydrogens (primary N) is 1. The van der Waals surface area contributed by atoms with Crippen molar-refractivity contribution in [1.82, 2.24) is 19.6 Å². The van der Waals surface area contributed by atoms with Crippen molar-refractivity contribution in [3.8, 4) is 23.0 Å². The second-order valence-corrected chi connectivity index (χ2v) is 13.9. The fourth-order valence-electron chi connectivity index (χ4n) is 7.18.